The summed E-state index contributed by atoms with van der Waals surface area (Å²) >= 11 is 1.63. The molecule has 0 bridgehead atoms. The molecule has 2 aromatic rings. The van der Waals surface area contributed by atoms with Gasteiger partial charge in [0.15, 0.2) is 0 Å². The van der Waals surface area contributed by atoms with Crippen LogP contribution in [0.25, 0.3) is 0 Å². The van der Waals surface area contributed by atoms with Gasteiger partial charge in [-0.2, -0.15) is 0 Å². The molecule has 0 unspecified atom stereocenters. The van der Waals surface area contributed by atoms with E-state index in [1.54, 1.807) is 28.9 Å². The highest BCUT2D eigenvalue weighted by Gasteiger charge is 2.09. The molecule has 0 saturated carbocycles. The molecule has 0 spiro atoms. The van der Waals surface area contributed by atoms with E-state index in [-0.39, 0.29) is 5.91 Å². The Labute approximate surface area is 116 Å². The number of nitrogens with one attached hydrogen (secondary N) is 1. The van der Waals surface area contributed by atoms with Crippen molar-refractivity contribution in [1.82, 2.24) is 9.55 Å². The monoisotopic (exact) mass is 276 g/mol. The minimum Gasteiger partial charge on any atom is -0.335 e. The van der Waals surface area contributed by atoms with Gasteiger partial charge in [0.2, 0.25) is 0 Å². The van der Waals surface area contributed by atoms with Crippen LogP contribution in [0.3, 0.4) is 0 Å². The van der Waals surface area contributed by atoms with Crippen LogP contribution < -0.4 is 11.1 Å². The first kappa shape index (κ1) is 13.6. The largest absolute Gasteiger partial charge is 0.335 e. The molecule has 0 saturated heterocycles. The molecule has 0 fully saturated rings. The average molecular weight is 276 g/mol. The maximum atomic E-state index is 12.0. The zero-order chi connectivity index (χ0) is 13.7. The van der Waals surface area contributed by atoms with E-state index in [0.29, 0.717) is 18.8 Å². The van der Waals surface area contributed by atoms with Crippen LogP contribution in [0.2, 0.25) is 0 Å². The Balaban J connectivity index is 2.06. The second kappa shape index (κ2) is 6.40. The summed E-state index contributed by atoms with van der Waals surface area (Å²) in [4.78, 5) is 17.2. The molecular weight excluding hydrogens is 260 g/mol. The van der Waals surface area contributed by atoms with Crippen molar-refractivity contribution in [3.63, 3.8) is 0 Å². The van der Waals surface area contributed by atoms with E-state index in [1.165, 1.54) is 0 Å². The SMILES string of the molecule is CSc1cccc(NC(=O)c2cn(CCN)cn2)c1. The van der Waals surface area contributed by atoms with Crippen LogP contribution in [0.15, 0.2) is 41.7 Å². The molecule has 0 aliphatic carbocycles. The number of amides is 1. The molecular formula is C13H16N4OS. The van der Waals surface area contributed by atoms with Crippen LogP contribution in [0.5, 0.6) is 0 Å². The number of hydrogen-bond donors (Lipinski definition) is 2. The van der Waals surface area contributed by atoms with Gasteiger partial charge in [0.05, 0.1) is 6.33 Å². The minimum absolute atomic E-state index is 0.214. The number of hydrogen-bond acceptors (Lipinski definition) is 4. The van der Waals surface area contributed by atoms with Crippen molar-refractivity contribution in [2.24, 2.45) is 5.73 Å². The Morgan fingerprint density at radius 2 is 2.37 bits per heavy atom. The Morgan fingerprint density at radius 1 is 1.53 bits per heavy atom. The molecule has 5 nitrogen and oxygen atoms in total. The number of carbonyl (C=O) groups is 1. The highest BCUT2D eigenvalue weighted by Crippen LogP contribution is 2.19. The van der Waals surface area contributed by atoms with Crippen molar-refractivity contribution in [2.75, 3.05) is 18.1 Å². The van der Waals surface area contributed by atoms with Crippen molar-refractivity contribution in [2.45, 2.75) is 11.4 Å². The van der Waals surface area contributed by atoms with Crippen LogP contribution >= 0.6 is 11.8 Å². The van der Waals surface area contributed by atoms with E-state index in [1.807, 2.05) is 30.5 Å². The number of imidazole rings is 1. The fourth-order valence-corrected chi connectivity index (χ4v) is 2.10. The summed E-state index contributed by atoms with van der Waals surface area (Å²) in [6.07, 6.45) is 5.30. The van der Waals surface area contributed by atoms with Crippen molar-refractivity contribution >= 4 is 23.4 Å². The first-order valence-corrected chi connectivity index (χ1v) is 7.12. The molecule has 19 heavy (non-hydrogen) atoms. The normalized spacial score (nSPS) is 10.4. The summed E-state index contributed by atoms with van der Waals surface area (Å²) in [5, 5.41) is 2.83. The molecule has 100 valence electrons. The zero-order valence-electron chi connectivity index (χ0n) is 10.7. The predicted molar refractivity (Wildman–Crippen MR) is 77.5 cm³/mol. The Kier molecular flexibility index (Phi) is 4.59. The summed E-state index contributed by atoms with van der Waals surface area (Å²) in [6, 6.07) is 7.69. The minimum atomic E-state index is -0.214. The third-order valence-corrected chi connectivity index (χ3v) is 3.31. The number of nitrogens with zero attached hydrogens (tertiary/aromatic N) is 2. The van der Waals surface area contributed by atoms with Crippen molar-refractivity contribution in [3.8, 4) is 0 Å². The number of nitrogens with two attached hydrogens (primary N) is 1. The number of carbonyl (C=O) groups excluding carboxylic acids is 1. The van der Waals surface area contributed by atoms with Gasteiger partial charge in [-0.1, -0.05) is 6.07 Å². The van der Waals surface area contributed by atoms with Gasteiger partial charge in [0, 0.05) is 29.9 Å². The molecule has 2 rings (SSSR count). The van der Waals surface area contributed by atoms with E-state index in [9.17, 15) is 4.79 Å². The van der Waals surface area contributed by atoms with Gasteiger partial charge in [-0.3, -0.25) is 4.79 Å². The Hall–Kier alpha value is -1.79. The molecule has 0 aliphatic rings. The first-order chi connectivity index (χ1) is 9.22. The maximum Gasteiger partial charge on any atom is 0.275 e. The quantitative estimate of drug-likeness (QED) is 0.817. The van der Waals surface area contributed by atoms with Crippen LogP contribution in [0.1, 0.15) is 10.5 Å². The fraction of sp³-hybridized carbons (Fsp3) is 0.231. The number of aromatic nitrogens is 2. The number of rotatable bonds is 5. The second-order valence-electron chi connectivity index (χ2n) is 3.97. The highest BCUT2D eigenvalue weighted by molar-refractivity contribution is 7.98. The fourth-order valence-electron chi connectivity index (χ4n) is 1.64. The third-order valence-electron chi connectivity index (χ3n) is 2.58. The van der Waals surface area contributed by atoms with E-state index in [4.69, 9.17) is 5.73 Å². The summed E-state index contributed by atoms with van der Waals surface area (Å²) in [7, 11) is 0. The maximum absolute atomic E-state index is 12.0. The van der Waals surface area contributed by atoms with Crippen molar-refractivity contribution in [1.29, 1.82) is 0 Å². The number of thioether (sulfide) groups is 1. The number of benzene rings is 1. The van der Waals surface area contributed by atoms with Gasteiger partial charge in [0.1, 0.15) is 5.69 Å². The molecule has 0 atom stereocenters. The van der Waals surface area contributed by atoms with Gasteiger partial charge in [-0.15, -0.1) is 11.8 Å². The smallest absolute Gasteiger partial charge is 0.275 e. The third kappa shape index (κ3) is 3.59. The summed E-state index contributed by atoms with van der Waals surface area (Å²) in [5.41, 5.74) is 6.61. The van der Waals surface area contributed by atoms with E-state index < -0.39 is 0 Å². The van der Waals surface area contributed by atoms with Gasteiger partial charge in [0.25, 0.3) is 5.91 Å². The van der Waals surface area contributed by atoms with Crippen LogP contribution in [-0.2, 0) is 6.54 Å². The lowest BCUT2D eigenvalue weighted by atomic mass is 10.3. The highest BCUT2D eigenvalue weighted by atomic mass is 32.2. The topological polar surface area (TPSA) is 72.9 Å². The molecule has 6 heteroatoms. The van der Waals surface area contributed by atoms with Gasteiger partial charge in [-0.25, -0.2) is 4.98 Å². The lowest BCUT2D eigenvalue weighted by Gasteiger charge is -2.04. The van der Waals surface area contributed by atoms with Gasteiger partial charge in [-0.05, 0) is 24.5 Å². The van der Waals surface area contributed by atoms with Crippen LogP contribution in [0.4, 0.5) is 5.69 Å². The molecule has 3 N–H and O–H groups in total. The van der Waals surface area contributed by atoms with Crippen LogP contribution in [0, 0.1) is 0 Å². The second-order valence-corrected chi connectivity index (χ2v) is 4.85. The van der Waals surface area contributed by atoms with Crippen molar-refractivity contribution < 1.29 is 4.79 Å². The Morgan fingerprint density at radius 3 is 3.11 bits per heavy atom. The lowest BCUT2D eigenvalue weighted by Crippen LogP contribution is -2.12. The molecule has 1 aromatic heterocycles. The van der Waals surface area contributed by atoms with E-state index >= 15 is 0 Å². The molecule has 1 aromatic carbocycles. The van der Waals surface area contributed by atoms with E-state index in [2.05, 4.69) is 10.3 Å². The lowest BCUT2D eigenvalue weighted by molar-refractivity contribution is 0.102. The van der Waals surface area contributed by atoms with E-state index in [0.717, 1.165) is 10.6 Å². The average Bonchev–Trinajstić information content (AvgIpc) is 2.88. The molecule has 1 heterocycles. The summed E-state index contributed by atoms with van der Waals surface area (Å²) < 4.78 is 1.80. The number of anilines is 1. The standard InChI is InChI=1S/C13H16N4OS/c1-19-11-4-2-3-10(7-11)16-13(18)12-8-17(6-5-14)9-15-12/h2-4,7-9H,5-6,14H2,1H3,(H,16,18). The molecule has 0 aliphatic heterocycles. The predicted octanol–water partition coefficient (Wildman–Crippen LogP) is 1.82. The van der Waals surface area contributed by atoms with Crippen molar-refractivity contribution in [3.05, 3.63) is 42.5 Å². The zero-order valence-corrected chi connectivity index (χ0v) is 11.5. The summed E-state index contributed by atoms with van der Waals surface area (Å²) in [5.74, 6) is -0.214. The first-order valence-electron chi connectivity index (χ1n) is 5.90. The summed E-state index contributed by atoms with van der Waals surface area (Å²) in [6.45, 7) is 1.18. The molecule has 1 amide bonds. The Bertz CT molecular complexity index is 567. The van der Waals surface area contributed by atoms with Crippen LogP contribution in [-0.4, -0.2) is 28.3 Å². The molecule has 0 radical (unpaired) electrons. The van der Waals surface area contributed by atoms with Gasteiger partial charge < -0.3 is 15.6 Å². The van der Waals surface area contributed by atoms with Gasteiger partial charge >= 0.3 is 0 Å².